The lowest BCUT2D eigenvalue weighted by molar-refractivity contribution is -0.122. The Bertz CT molecular complexity index is 458. The van der Waals surface area contributed by atoms with Crippen LogP contribution in [0.1, 0.15) is 25.3 Å². The smallest absolute Gasteiger partial charge is 0.231 e. The second-order valence-corrected chi connectivity index (χ2v) is 5.36. The van der Waals surface area contributed by atoms with Crippen molar-refractivity contribution in [1.29, 1.82) is 0 Å². The zero-order valence-corrected chi connectivity index (χ0v) is 10.9. The largest absolute Gasteiger partial charge is 0.313 e. The summed E-state index contributed by atoms with van der Waals surface area (Å²) in [5.74, 6) is 0.454. The van der Waals surface area contributed by atoms with Crippen LogP contribution in [0.4, 0.5) is 5.69 Å². The molecule has 3 heteroatoms. The minimum Gasteiger partial charge on any atom is -0.313 e. The number of nitrogens with zero attached hydrogens (tertiary/aromatic N) is 1. The first-order valence-electron chi connectivity index (χ1n) is 6.90. The van der Waals surface area contributed by atoms with Crippen molar-refractivity contribution in [3.8, 4) is 0 Å². The Morgan fingerprint density at radius 2 is 2.22 bits per heavy atom. The number of nitrogens with one attached hydrogen (secondary N) is 1. The Kier molecular flexibility index (Phi) is 3.08. The van der Waals surface area contributed by atoms with Gasteiger partial charge in [0.15, 0.2) is 0 Å². The number of fused-ring (bicyclic) bond motifs is 1. The molecule has 1 saturated heterocycles. The quantitative estimate of drug-likeness (QED) is 0.819. The lowest BCUT2D eigenvalue weighted by Gasteiger charge is -2.32. The molecule has 1 amide bonds. The van der Waals surface area contributed by atoms with Gasteiger partial charge in [0.25, 0.3) is 0 Å². The number of carbonyl (C=O) groups is 1. The van der Waals surface area contributed by atoms with Crippen molar-refractivity contribution in [3.63, 3.8) is 0 Å². The first-order chi connectivity index (χ1) is 8.77. The summed E-state index contributed by atoms with van der Waals surface area (Å²) in [4.78, 5) is 14.7. The summed E-state index contributed by atoms with van der Waals surface area (Å²) in [5, 5.41) is 3.37. The van der Waals surface area contributed by atoms with Gasteiger partial charge in [-0.1, -0.05) is 18.2 Å². The van der Waals surface area contributed by atoms with E-state index in [1.165, 1.54) is 5.56 Å². The van der Waals surface area contributed by atoms with Crippen LogP contribution in [-0.2, 0) is 11.2 Å². The van der Waals surface area contributed by atoms with E-state index in [0.29, 0.717) is 11.9 Å². The molecule has 0 radical (unpaired) electrons. The highest BCUT2D eigenvalue weighted by Gasteiger charge is 2.34. The molecule has 0 bridgehead atoms. The molecule has 2 aliphatic rings. The van der Waals surface area contributed by atoms with E-state index >= 15 is 0 Å². The van der Waals surface area contributed by atoms with Crippen LogP contribution in [-0.4, -0.2) is 25.0 Å². The Morgan fingerprint density at radius 1 is 1.39 bits per heavy atom. The van der Waals surface area contributed by atoms with E-state index in [4.69, 9.17) is 0 Å². The van der Waals surface area contributed by atoms with Gasteiger partial charge >= 0.3 is 0 Å². The number of rotatable bonds is 1. The van der Waals surface area contributed by atoms with Gasteiger partial charge in [0.2, 0.25) is 5.91 Å². The maximum absolute atomic E-state index is 12.7. The van der Waals surface area contributed by atoms with Gasteiger partial charge in [0.1, 0.15) is 0 Å². The maximum Gasteiger partial charge on any atom is 0.231 e. The molecule has 0 spiro atoms. The molecule has 2 atom stereocenters. The Labute approximate surface area is 108 Å². The normalized spacial score (nSPS) is 27.1. The van der Waals surface area contributed by atoms with Crippen molar-refractivity contribution in [2.75, 3.05) is 18.0 Å². The fraction of sp³-hybridized carbons (Fsp3) is 0.533. The molecule has 3 nitrogen and oxygen atoms in total. The molecule has 1 aromatic rings. The summed E-state index contributed by atoms with van der Waals surface area (Å²) in [6.07, 6.45) is 3.15. The highest BCUT2D eigenvalue weighted by Crippen LogP contribution is 2.29. The summed E-state index contributed by atoms with van der Waals surface area (Å²) >= 11 is 0. The van der Waals surface area contributed by atoms with Crippen LogP contribution in [0.25, 0.3) is 0 Å². The molecule has 0 aliphatic carbocycles. The number of hydrogen-bond donors (Lipinski definition) is 1. The van der Waals surface area contributed by atoms with E-state index in [0.717, 1.165) is 38.0 Å². The summed E-state index contributed by atoms with van der Waals surface area (Å²) < 4.78 is 0. The maximum atomic E-state index is 12.7. The Balaban J connectivity index is 1.87. The van der Waals surface area contributed by atoms with Crippen LogP contribution in [0.2, 0.25) is 0 Å². The summed E-state index contributed by atoms with van der Waals surface area (Å²) in [6.45, 7) is 3.96. The van der Waals surface area contributed by atoms with Gasteiger partial charge in [-0.2, -0.15) is 0 Å². The molecule has 1 fully saturated rings. The summed E-state index contributed by atoms with van der Waals surface area (Å²) in [6, 6.07) is 8.63. The molecule has 1 aromatic carbocycles. The minimum atomic E-state index is 0.149. The Hall–Kier alpha value is -1.35. The number of amides is 1. The van der Waals surface area contributed by atoms with Gasteiger partial charge in [-0.05, 0) is 44.4 Å². The third-order valence-corrected chi connectivity index (χ3v) is 4.22. The minimum absolute atomic E-state index is 0.149. The van der Waals surface area contributed by atoms with Gasteiger partial charge in [0, 0.05) is 18.3 Å². The summed E-state index contributed by atoms with van der Waals surface area (Å²) in [5.41, 5.74) is 2.45. The predicted molar refractivity (Wildman–Crippen MR) is 72.7 cm³/mol. The monoisotopic (exact) mass is 244 g/mol. The highest BCUT2D eigenvalue weighted by atomic mass is 16.2. The fourth-order valence-corrected chi connectivity index (χ4v) is 3.16. The number of carbonyl (C=O) groups excluding carboxylic acids is 1. The predicted octanol–water partition coefficient (Wildman–Crippen LogP) is 1.96. The number of hydrogen-bond acceptors (Lipinski definition) is 2. The molecule has 1 N–H and O–H groups in total. The molecule has 18 heavy (non-hydrogen) atoms. The van der Waals surface area contributed by atoms with Gasteiger partial charge in [-0.25, -0.2) is 0 Å². The van der Waals surface area contributed by atoms with E-state index in [-0.39, 0.29) is 5.92 Å². The molecule has 0 saturated carbocycles. The lowest BCUT2D eigenvalue weighted by atomic mass is 9.96. The SMILES string of the molecule is CC1NCCC1C(=O)N1CCCc2ccccc21. The van der Waals surface area contributed by atoms with Gasteiger partial charge in [0.05, 0.1) is 5.92 Å². The van der Waals surface area contributed by atoms with Crippen molar-refractivity contribution in [3.05, 3.63) is 29.8 Å². The zero-order chi connectivity index (χ0) is 12.5. The van der Waals surface area contributed by atoms with Crippen molar-refractivity contribution in [2.24, 2.45) is 5.92 Å². The van der Waals surface area contributed by atoms with Crippen LogP contribution in [0.5, 0.6) is 0 Å². The Morgan fingerprint density at radius 3 is 3.00 bits per heavy atom. The molecular weight excluding hydrogens is 224 g/mol. The first kappa shape index (κ1) is 11.7. The molecule has 96 valence electrons. The van der Waals surface area contributed by atoms with Crippen molar-refractivity contribution >= 4 is 11.6 Å². The van der Waals surface area contributed by atoms with Crippen molar-refractivity contribution in [2.45, 2.75) is 32.2 Å². The van der Waals surface area contributed by atoms with Gasteiger partial charge < -0.3 is 10.2 Å². The zero-order valence-electron chi connectivity index (χ0n) is 10.9. The van der Waals surface area contributed by atoms with E-state index in [1.807, 2.05) is 11.0 Å². The molecule has 2 unspecified atom stereocenters. The van der Waals surface area contributed by atoms with Crippen LogP contribution < -0.4 is 10.2 Å². The second-order valence-electron chi connectivity index (χ2n) is 5.36. The third kappa shape index (κ3) is 1.93. The van der Waals surface area contributed by atoms with E-state index < -0.39 is 0 Å². The van der Waals surface area contributed by atoms with E-state index in [9.17, 15) is 4.79 Å². The molecule has 2 aliphatic heterocycles. The topological polar surface area (TPSA) is 32.3 Å². The molecule has 0 aromatic heterocycles. The highest BCUT2D eigenvalue weighted by molar-refractivity contribution is 5.96. The van der Waals surface area contributed by atoms with Gasteiger partial charge in [-0.15, -0.1) is 0 Å². The molecule has 3 rings (SSSR count). The average molecular weight is 244 g/mol. The third-order valence-electron chi connectivity index (χ3n) is 4.22. The van der Waals surface area contributed by atoms with Crippen LogP contribution in [0.15, 0.2) is 24.3 Å². The van der Waals surface area contributed by atoms with E-state index in [2.05, 4.69) is 30.4 Å². The van der Waals surface area contributed by atoms with Gasteiger partial charge in [-0.3, -0.25) is 4.79 Å². The number of anilines is 1. The lowest BCUT2D eigenvalue weighted by Crippen LogP contribution is -2.42. The molecule has 2 heterocycles. The van der Waals surface area contributed by atoms with Crippen molar-refractivity contribution in [1.82, 2.24) is 5.32 Å². The first-order valence-corrected chi connectivity index (χ1v) is 6.90. The number of para-hydroxylation sites is 1. The van der Waals surface area contributed by atoms with E-state index in [1.54, 1.807) is 0 Å². The van der Waals surface area contributed by atoms with Crippen molar-refractivity contribution < 1.29 is 4.79 Å². The van der Waals surface area contributed by atoms with Crippen LogP contribution in [0, 0.1) is 5.92 Å². The summed E-state index contributed by atoms with van der Waals surface area (Å²) in [7, 11) is 0. The number of benzene rings is 1. The standard InChI is InChI=1S/C15H20N2O/c1-11-13(8-9-16-11)15(18)17-10-4-6-12-5-2-3-7-14(12)17/h2-3,5,7,11,13,16H,4,6,8-10H2,1H3. The van der Waals surface area contributed by atoms with Crippen LogP contribution >= 0.6 is 0 Å². The molecular formula is C15H20N2O. The fourth-order valence-electron chi connectivity index (χ4n) is 3.16. The van der Waals surface area contributed by atoms with Crippen LogP contribution in [0.3, 0.4) is 0 Å². The average Bonchev–Trinajstić information content (AvgIpc) is 2.83. The second kappa shape index (κ2) is 4.73. The number of aryl methyl sites for hydroxylation is 1.